The quantitative estimate of drug-likeness (QED) is 0.522. The number of para-hydroxylation sites is 1. The van der Waals surface area contributed by atoms with Crippen LogP contribution in [0.25, 0.3) is 16.9 Å². The van der Waals surface area contributed by atoms with Gasteiger partial charge in [0.2, 0.25) is 0 Å². The molecule has 0 aliphatic carbocycles. The average molecular weight is 445 g/mol. The van der Waals surface area contributed by atoms with Crippen LogP contribution in [0.1, 0.15) is 16.1 Å². The van der Waals surface area contributed by atoms with Gasteiger partial charge in [-0.25, -0.2) is 14.3 Å². The van der Waals surface area contributed by atoms with E-state index in [9.17, 15) is 19.5 Å². The first-order chi connectivity index (χ1) is 14.3. The van der Waals surface area contributed by atoms with Crippen molar-refractivity contribution in [1.82, 2.24) is 20.4 Å². The molecule has 3 aromatic rings. The number of hydrogen-bond acceptors (Lipinski definition) is 4. The zero-order valence-electron chi connectivity index (χ0n) is 15.2. The fourth-order valence-corrected chi connectivity index (χ4v) is 3.67. The minimum atomic E-state index is -1.27. The van der Waals surface area contributed by atoms with Crippen LogP contribution in [-0.2, 0) is 11.2 Å². The molecule has 4 rings (SSSR count). The number of aromatic nitrogens is 2. The van der Waals surface area contributed by atoms with Crippen LogP contribution in [0.15, 0.2) is 48.5 Å². The van der Waals surface area contributed by atoms with Crippen molar-refractivity contribution in [3.05, 3.63) is 69.8 Å². The highest BCUT2D eigenvalue weighted by molar-refractivity contribution is 6.32. The van der Waals surface area contributed by atoms with Crippen molar-refractivity contribution in [2.75, 3.05) is 0 Å². The maximum absolute atomic E-state index is 12.1. The van der Waals surface area contributed by atoms with E-state index in [1.165, 1.54) is 4.68 Å². The number of carboxylic acid groups (broad SMARTS) is 1. The number of urea groups is 1. The van der Waals surface area contributed by atoms with Gasteiger partial charge in [-0.2, -0.15) is 5.10 Å². The van der Waals surface area contributed by atoms with Gasteiger partial charge < -0.3 is 10.4 Å². The number of halogens is 2. The second-order valence-electron chi connectivity index (χ2n) is 6.57. The number of carboxylic acids is 1. The molecule has 1 saturated heterocycles. The van der Waals surface area contributed by atoms with E-state index in [-0.39, 0.29) is 17.7 Å². The van der Waals surface area contributed by atoms with Crippen molar-refractivity contribution in [3.8, 4) is 16.9 Å². The highest BCUT2D eigenvalue weighted by Crippen LogP contribution is 2.33. The molecule has 3 N–H and O–H groups in total. The number of rotatable bonds is 5. The SMILES string of the molecule is O=C1NC(=O)C(Cc2c(C(=O)O)nn(-c3ccccc3Cl)c2-c2ccc(Cl)cc2)N1. The highest BCUT2D eigenvalue weighted by atomic mass is 35.5. The van der Waals surface area contributed by atoms with Gasteiger partial charge >= 0.3 is 12.0 Å². The summed E-state index contributed by atoms with van der Waals surface area (Å²) >= 11 is 12.4. The maximum Gasteiger partial charge on any atom is 0.356 e. The number of imide groups is 1. The summed E-state index contributed by atoms with van der Waals surface area (Å²) in [5.74, 6) is -1.81. The van der Waals surface area contributed by atoms with Crippen LogP contribution in [0.2, 0.25) is 10.0 Å². The Morgan fingerprint density at radius 3 is 2.40 bits per heavy atom. The number of benzene rings is 2. The summed E-state index contributed by atoms with van der Waals surface area (Å²) in [5, 5.41) is 19.6. The van der Waals surface area contributed by atoms with Crippen LogP contribution in [0, 0.1) is 0 Å². The highest BCUT2D eigenvalue weighted by Gasteiger charge is 2.34. The molecule has 1 unspecified atom stereocenters. The van der Waals surface area contributed by atoms with Gasteiger partial charge in [-0.05, 0) is 24.3 Å². The molecule has 0 bridgehead atoms. The molecular weight excluding hydrogens is 431 g/mol. The molecule has 0 radical (unpaired) electrons. The van der Waals surface area contributed by atoms with Crippen molar-refractivity contribution in [2.24, 2.45) is 0 Å². The van der Waals surface area contributed by atoms with Gasteiger partial charge in [-0.3, -0.25) is 10.1 Å². The molecule has 2 aromatic carbocycles. The van der Waals surface area contributed by atoms with Crippen LogP contribution in [0.3, 0.4) is 0 Å². The number of nitrogens with zero attached hydrogens (tertiary/aromatic N) is 2. The topological polar surface area (TPSA) is 113 Å². The summed E-state index contributed by atoms with van der Waals surface area (Å²) in [4.78, 5) is 35.6. The number of nitrogens with one attached hydrogen (secondary N) is 2. The van der Waals surface area contributed by atoms with Gasteiger partial charge in [0, 0.05) is 22.6 Å². The normalized spacial score (nSPS) is 15.7. The predicted octanol–water partition coefficient (Wildman–Crippen LogP) is 3.29. The number of amides is 3. The minimum absolute atomic E-state index is 0.0678. The standard InChI is InChI=1S/C20H14Cl2N4O4/c21-11-7-5-10(6-8-11)17-12(9-14-18(27)24-20(30)23-14)16(19(28)29)25-26(17)15-4-2-1-3-13(15)22/h1-8,14H,9H2,(H,28,29)(H2,23,24,27,30). The van der Waals surface area contributed by atoms with Crippen LogP contribution in [-0.4, -0.2) is 38.8 Å². The Morgan fingerprint density at radius 1 is 1.10 bits per heavy atom. The van der Waals surface area contributed by atoms with E-state index in [1.807, 2.05) is 0 Å². The Hall–Kier alpha value is -3.36. The molecule has 30 heavy (non-hydrogen) atoms. The Morgan fingerprint density at radius 2 is 1.80 bits per heavy atom. The van der Waals surface area contributed by atoms with Crippen molar-refractivity contribution in [2.45, 2.75) is 12.5 Å². The van der Waals surface area contributed by atoms with Crippen LogP contribution in [0.4, 0.5) is 4.79 Å². The van der Waals surface area contributed by atoms with E-state index in [0.717, 1.165) is 0 Å². The van der Waals surface area contributed by atoms with Crippen molar-refractivity contribution in [1.29, 1.82) is 0 Å². The summed E-state index contributed by atoms with van der Waals surface area (Å²) in [6, 6.07) is 12.1. The van der Waals surface area contributed by atoms with Gasteiger partial charge in [0.1, 0.15) is 6.04 Å². The molecule has 8 nitrogen and oxygen atoms in total. The van der Waals surface area contributed by atoms with Crippen molar-refractivity contribution >= 4 is 41.1 Å². The zero-order valence-corrected chi connectivity index (χ0v) is 16.7. The molecule has 0 spiro atoms. The van der Waals surface area contributed by atoms with E-state index in [1.54, 1.807) is 48.5 Å². The van der Waals surface area contributed by atoms with Gasteiger partial charge in [0.05, 0.1) is 16.4 Å². The Balaban J connectivity index is 1.96. The summed E-state index contributed by atoms with van der Waals surface area (Å²) in [6.07, 6.45) is -0.0678. The largest absolute Gasteiger partial charge is 0.476 e. The van der Waals surface area contributed by atoms with Crippen LogP contribution in [0.5, 0.6) is 0 Å². The lowest BCUT2D eigenvalue weighted by Gasteiger charge is -2.13. The molecule has 3 amide bonds. The van der Waals surface area contributed by atoms with Crippen molar-refractivity contribution in [3.63, 3.8) is 0 Å². The molecule has 1 aromatic heterocycles. The van der Waals surface area contributed by atoms with Gasteiger partial charge in [0.25, 0.3) is 5.91 Å². The van der Waals surface area contributed by atoms with Gasteiger partial charge in [0.15, 0.2) is 5.69 Å². The summed E-state index contributed by atoms with van der Waals surface area (Å²) < 4.78 is 1.43. The second kappa shape index (κ2) is 7.81. The Labute approximate surface area is 180 Å². The fourth-order valence-electron chi connectivity index (χ4n) is 3.32. The predicted molar refractivity (Wildman–Crippen MR) is 110 cm³/mol. The summed E-state index contributed by atoms with van der Waals surface area (Å²) in [6.45, 7) is 0. The Kier molecular flexibility index (Phi) is 5.19. The molecule has 1 aliphatic heterocycles. The number of carbonyl (C=O) groups excluding carboxylic acids is 2. The van der Waals surface area contributed by atoms with Crippen LogP contribution < -0.4 is 10.6 Å². The lowest BCUT2D eigenvalue weighted by molar-refractivity contribution is -0.120. The number of aromatic carboxylic acids is 1. The summed E-state index contributed by atoms with van der Waals surface area (Å²) in [5.41, 5.74) is 1.57. The number of hydrogen-bond donors (Lipinski definition) is 3. The van der Waals surface area contributed by atoms with Crippen LogP contribution >= 0.6 is 23.2 Å². The molecule has 10 heteroatoms. The van der Waals surface area contributed by atoms with E-state index in [4.69, 9.17) is 23.2 Å². The molecule has 1 aliphatic rings. The minimum Gasteiger partial charge on any atom is -0.476 e. The maximum atomic E-state index is 12.1. The molecular formula is C20H14Cl2N4O4. The monoisotopic (exact) mass is 444 g/mol. The summed E-state index contributed by atoms with van der Waals surface area (Å²) in [7, 11) is 0. The first kappa shape index (κ1) is 19.9. The van der Waals surface area contributed by atoms with E-state index >= 15 is 0 Å². The lowest BCUT2D eigenvalue weighted by Crippen LogP contribution is -2.31. The zero-order chi connectivity index (χ0) is 21.4. The van der Waals surface area contributed by atoms with Gasteiger partial charge in [-0.15, -0.1) is 0 Å². The lowest BCUT2D eigenvalue weighted by atomic mass is 9.99. The third-order valence-electron chi connectivity index (χ3n) is 4.65. The molecule has 2 heterocycles. The van der Waals surface area contributed by atoms with E-state index in [0.29, 0.717) is 27.0 Å². The smallest absolute Gasteiger partial charge is 0.356 e. The fraction of sp³-hybridized carbons (Fsp3) is 0.100. The molecule has 1 atom stereocenters. The average Bonchev–Trinajstić information content (AvgIpc) is 3.23. The molecule has 1 fully saturated rings. The third kappa shape index (κ3) is 3.62. The third-order valence-corrected chi connectivity index (χ3v) is 5.22. The van der Waals surface area contributed by atoms with Gasteiger partial charge in [-0.1, -0.05) is 47.5 Å². The van der Waals surface area contributed by atoms with E-state index < -0.39 is 23.9 Å². The van der Waals surface area contributed by atoms with E-state index in [2.05, 4.69) is 15.7 Å². The number of carbonyl (C=O) groups is 3. The first-order valence-electron chi connectivity index (χ1n) is 8.82. The Bertz CT molecular complexity index is 1170. The second-order valence-corrected chi connectivity index (χ2v) is 7.41. The van der Waals surface area contributed by atoms with Crippen molar-refractivity contribution < 1.29 is 19.5 Å². The molecule has 0 saturated carbocycles. The first-order valence-corrected chi connectivity index (χ1v) is 9.58. The molecule has 152 valence electrons.